The zero-order valence-electron chi connectivity index (χ0n) is 6.60. The maximum Gasteiger partial charge on any atom is 0.363 e. The van der Waals surface area contributed by atoms with Gasteiger partial charge >= 0.3 is 5.82 Å². The fourth-order valence-electron chi connectivity index (χ4n) is 0.710. The van der Waals surface area contributed by atoms with Gasteiger partial charge in [-0.15, -0.1) is 0 Å². The largest absolute Gasteiger partial charge is 0.384 e. The van der Waals surface area contributed by atoms with Gasteiger partial charge < -0.3 is 15.2 Å². The van der Waals surface area contributed by atoms with Crippen molar-refractivity contribution in [2.45, 2.75) is 0 Å². The van der Waals surface area contributed by atoms with E-state index in [4.69, 9.17) is 5.11 Å². The van der Waals surface area contributed by atoms with E-state index in [1.165, 1.54) is 18.3 Å². The molecule has 1 heterocycles. The van der Waals surface area contributed by atoms with Crippen LogP contribution in [0.15, 0.2) is 18.3 Å². The molecular formula is C8H6N2O3. The summed E-state index contributed by atoms with van der Waals surface area (Å²) in [4.78, 5) is 13.2. The minimum Gasteiger partial charge on any atom is -0.384 e. The van der Waals surface area contributed by atoms with Crippen LogP contribution in [0.25, 0.3) is 0 Å². The lowest BCUT2D eigenvalue weighted by molar-refractivity contribution is -0.389. The molecule has 1 N–H and O–H groups in total. The van der Waals surface area contributed by atoms with Gasteiger partial charge in [-0.1, -0.05) is 11.8 Å². The third-order valence-corrected chi connectivity index (χ3v) is 1.25. The highest BCUT2D eigenvalue weighted by Crippen LogP contribution is 2.05. The van der Waals surface area contributed by atoms with E-state index in [-0.39, 0.29) is 12.4 Å². The van der Waals surface area contributed by atoms with Gasteiger partial charge in [-0.25, -0.2) is 0 Å². The summed E-state index contributed by atoms with van der Waals surface area (Å²) in [6, 6.07) is 2.75. The van der Waals surface area contributed by atoms with E-state index < -0.39 is 4.92 Å². The summed E-state index contributed by atoms with van der Waals surface area (Å²) in [6.07, 6.45) is 1.29. The molecule has 1 rings (SSSR count). The van der Waals surface area contributed by atoms with Gasteiger partial charge in [0, 0.05) is 6.07 Å². The summed E-state index contributed by atoms with van der Waals surface area (Å²) in [6.45, 7) is -0.239. The van der Waals surface area contributed by atoms with Crippen LogP contribution in [0, 0.1) is 22.0 Å². The molecule has 1 aromatic rings. The van der Waals surface area contributed by atoms with E-state index >= 15 is 0 Å². The van der Waals surface area contributed by atoms with Gasteiger partial charge in [-0.05, 0) is 16.0 Å². The van der Waals surface area contributed by atoms with Gasteiger partial charge in [0.2, 0.25) is 0 Å². The summed E-state index contributed by atoms with van der Waals surface area (Å²) in [5, 5.41) is 18.6. The maximum absolute atomic E-state index is 10.2. The Balaban J connectivity index is 2.87. The number of hydrogen-bond acceptors (Lipinski definition) is 4. The molecule has 66 valence electrons. The predicted molar refractivity (Wildman–Crippen MR) is 44.9 cm³/mol. The Morgan fingerprint density at radius 1 is 1.62 bits per heavy atom. The average molecular weight is 178 g/mol. The molecule has 0 aliphatic carbocycles. The fourth-order valence-corrected chi connectivity index (χ4v) is 0.710. The van der Waals surface area contributed by atoms with Gasteiger partial charge in [0.05, 0.1) is 5.56 Å². The molecule has 0 amide bonds. The first-order valence-corrected chi connectivity index (χ1v) is 3.44. The first-order chi connectivity index (χ1) is 6.24. The SMILES string of the molecule is O=[N+]([O-])c1ccc(C#CCO)cn1. The lowest BCUT2D eigenvalue weighted by Gasteiger charge is -1.89. The summed E-state index contributed by atoms with van der Waals surface area (Å²) in [5.74, 6) is 4.77. The van der Waals surface area contributed by atoms with E-state index in [1.54, 1.807) is 0 Å². The van der Waals surface area contributed by atoms with Crippen LogP contribution in [0.3, 0.4) is 0 Å². The molecule has 0 bridgehead atoms. The molecule has 0 fully saturated rings. The van der Waals surface area contributed by atoms with Crippen molar-refractivity contribution in [2.24, 2.45) is 0 Å². The second-order valence-corrected chi connectivity index (χ2v) is 2.12. The smallest absolute Gasteiger partial charge is 0.363 e. The van der Waals surface area contributed by atoms with Crippen LogP contribution in [0.5, 0.6) is 0 Å². The number of hydrogen-bond donors (Lipinski definition) is 1. The highest BCUT2D eigenvalue weighted by molar-refractivity contribution is 5.35. The van der Waals surface area contributed by atoms with Crippen molar-refractivity contribution in [3.05, 3.63) is 34.0 Å². The van der Waals surface area contributed by atoms with Crippen molar-refractivity contribution < 1.29 is 10.0 Å². The highest BCUT2D eigenvalue weighted by atomic mass is 16.6. The molecule has 0 radical (unpaired) electrons. The zero-order valence-corrected chi connectivity index (χ0v) is 6.60. The minimum absolute atomic E-state index is 0.213. The molecule has 0 aromatic carbocycles. The van der Waals surface area contributed by atoms with Crippen molar-refractivity contribution in [3.8, 4) is 11.8 Å². The van der Waals surface area contributed by atoms with Crippen LogP contribution >= 0.6 is 0 Å². The topological polar surface area (TPSA) is 76.3 Å². The predicted octanol–water partition coefficient (Wildman–Crippen LogP) is 0.334. The van der Waals surface area contributed by atoms with Gasteiger partial charge in [-0.2, -0.15) is 0 Å². The lowest BCUT2D eigenvalue weighted by atomic mass is 10.3. The second-order valence-electron chi connectivity index (χ2n) is 2.12. The number of aromatic nitrogens is 1. The quantitative estimate of drug-likeness (QED) is 0.382. The normalized spacial score (nSPS) is 8.69. The van der Waals surface area contributed by atoms with Crippen LogP contribution in [0.1, 0.15) is 5.56 Å². The van der Waals surface area contributed by atoms with Crippen LogP contribution < -0.4 is 0 Å². The third kappa shape index (κ3) is 2.54. The van der Waals surface area contributed by atoms with E-state index in [2.05, 4.69) is 16.8 Å². The lowest BCUT2D eigenvalue weighted by Crippen LogP contribution is -1.91. The molecule has 1 aromatic heterocycles. The Bertz CT molecular complexity index is 361. The van der Waals surface area contributed by atoms with E-state index in [0.717, 1.165) is 0 Å². The Morgan fingerprint density at radius 3 is 2.85 bits per heavy atom. The van der Waals surface area contributed by atoms with Crippen LogP contribution in [0.2, 0.25) is 0 Å². The number of nitrogens with zero attached hydrogens (tertiary/aromatic N) is 2. The van der Waals surface area contributed by atoms with Gasteiger partial charge in [0.15, 0.2) is 6.20 Å². The van der Waals surface area contributed by atoms with Crippen molar-refractivity contribution in [3.63, 3.8) is 0 Å². The number of nitro groups is 1. The van der Waals surface area contributed by atoms with Crippen molar-refractivity contribution in [2.75, 3.05) is 6.61 Å². The maximum atomic E-state index is 10.2. The molecule has 0 aliphatic heterocycles. The second kappa shape index (κ2) is 4.18. The first-order valence-electron chi connectivity index (χ1n) is 3.44. The molecular weight excluding hydrogens is 172 g/mol. The van der Waals surface area contributed by atoms with E-state index in [0.29, 0.717) is 5.56 Å². The van der Waals surface area contributed by atoms with Crippen LogP contribution in [-0.4, -0.2) is 21.6 Å². The highest BCUT2D eigenvalue weighted by Gasteiger charge is 2.04. The Hall–Kier alpha value is -1.93. The summed E-state index contributed by atoms with van der Waals surface area (Å²) in [5.41, 5.74) is 0.541. The standard InChI is InChI=1S/C8H6N2O3/c11-5-1-2-7-3-4-8(9-6-7)10(12)13/h3-4,6,11H,5H2. The summed E-state index contributed by atoms with van der Waals surface area (Å²) in [7, 11) is 0. The molecule has 0 unspecified atom stereocenters. The summed E-state index contributed by atoms with van der Waals surface area (Å²) < 4.78 is 0. The minimum atomic E-state index is -0.580. The van der Waals surface area contributed by atoms with E-state index in [1.807, 2.05) is 0 Å². The molecule has 5 heteroatoms. The van der Waals surface area contributed by atoms with Gasteiger partial charge in [0.25, 0.3) is 0 Å². The molecule has 0 spiro atoms. The van der Waals surface area contributed by atoms with Crippen molar-refractivity contribution in [1.82, 2.24) is 4.98 Å². The molecule has 5 nitrogen and oxygen atoms in total. The summed E-state index contributed by atoms with van der Waals surface area (Å²) >= 11 is 0. The monoisotopic (exact) mass is 178 g/mol. The Labute approximate surface area is 74.2 Å². The number of aliphatic hydroxyl groups excluding tert-OH is 1. The van der Waals surface area contributed by atoms with Crippen LogP contribution in [0.4, 0.5) is 5.82 Å². The average Bonchev–Trinajstić information content (AvgIpc) is 2.15. The molecule has 0 atom stereocenters. The van der Waals surface area contributed by atoms with Gasteiger partial charge in [-0.3, -0.25) is 0 Å². The first kappa shape index (κ1) is 9.16. The number of rotatable bonds is 1. The van der Waals surface area contributed by atoms with Crippen LogP contribution in [-0.2, 0) is 0 Å². The van der Waals surface area contributed by atoms with E-state index in [9.17, 15) is 10.1 Å². The number of aliphatic hydroxyl groups is 1. The van der Waals surface area contributed by atoms with Crippen molar-refractivity contribution >= 4 is 5.82 Å². The Kier molecular flexibility index (Phi) is 2.95. The molecule has 0 aliphatic rings. The zero-order chi connectivity index (χ0) is 9.68. The number of pyridine rings is 1. The fraction of sp³-hybridized carbons (Fsp3) is 0.125. The van der Waals surface area contributed by atoms with Gasteiger partial charge in [0.1, 0.15) is 6.61 Å². The molecule has 0 saturated carbocycles. The molecule has 0 saturated heterocycles. The van der Waals surface area contributed by atoms with Crippen molar-refractivity contribution in [1.29, 1.82) is 0 Å². The third-order valence-electron chi connectivity index (χ3n) is 1.25. The Morgan fingerprint density at radius 2 is 2.38 bits per heavy atom. The molecule has 13 heavy (non-hydrogen) atoms.